The maximum Gasteiger partial charge on any atom is 0.271 e. The highest BCUT2D eigenvalue weighted by Crippen LogP contribution is 2.12. The zero-order valence-corrected chi connectivity index (χ0v) is 12.0. The van der Waals surface area contributed by atoms with Crippen LogP contribution in [0.15, 0.2) is 46.9 Å². The molecule has 0 radical (unpaired) electrons. The van der Waals surface area contributed by atoms with Crippen LogP contribution in [0.3, 0.4) is 0 Å². The number of carbonyl (C=O) groups excluding carboxylic acids is 1. The van der Waals surface area contributed by atoms with Gasteiger partial charge in [0.05, 0.1) is 12.8 Å². The molecule has 0 aliphatic rings. The molecule has 1 aromatic carbocycles. The molecular weight excluding hydrogens is 272 g/mol. The van der Waals surface area contributed by atoms with E-state index in [1.165, 1.54) is 0 Å². The fourth-order valence-corrected chi connectivity index (χ4v) is 2.09. The molecule has 20 heavy (non-hydrogen) atoms. The summed E-state index contributed by atoms with van der Waals surface area (Å²) >= 11 is 1.56. The fraction of sp³-hybridized carbons (Fsp3) is 0.200. The van der Waals surface area contributed by atoms with Crippen molar-refractivity contribution in [1.82, 2.24) is 5.43 Å². The maximum atomic E-state index is 11.8. The Hall–Kier alpha value is -2.14. The largest absolute Gasteiger partial charge is 0.494 e. The van der Waals surface area contributed by atoms with Gasteiger partial charge in [0, 0.05) is 10.4 Å². The van der Waals surface area contributed by atoms with Crippen molar-refractivity contribution in [2.24, 2.45) is 5.10 Å². The normalized spacial score (nSPS) is 10.7. The van der Waals surface area contributed by atoms with Gasteiger partial charge in [-0.05, 0) is 42.1 Å². The molecule has 0 unspecified atom stereocenters. The highest BCUT2D eigenvalue weighted by atomic mass is 32.1. The van der Waals surface area contributed by atoms with E-state index < -0.39 is 0 Å². The summed E-state index contributed by atoms with van der Waals surface area (Å²) in [6.07, 6.45) is 2.58. The summed E-state index contributed by atoms with van der Waals surface area (Å²) in [6, 6.07) is 10.9. The molecule has 0 fully saturated rings. The van der Waals surface area contributed by atoms with E-state index >= 15 is 0 Å². The van der Waals surface area contributed by atoms with Crippen molar-refractivity contribution >= 4 is 23.5 Å². The van der Waals surface area contributed by atoms with E-state index in [4.69, 9.17) is 4.74 Å². The average molecular weight is 288 g/mol. The Morgan fingerprint density at radius 1 is 1.35 bits per heavy atom. The van der Waals surface area contributed by atoms with Gasteiger partial charge in [0.1, 0.15) is 5.75 Å². The monoisotopic (exact) mass is 288 g/mol. The van der Waals surface area contributed by atoms with Crippen molar-refractivity contribution in [3.63, 3.8) is 0 Å². The molecule has 1 amide bonds. The first kappa shape index (κ1) is 14.3. The van der Waals surface area contributed by atoms with Crippen LogP contribution in [0, 0.1) is 0 Å². The molecule has 0 bridgehead atoms. The van der Waals surface area contributed by atoms with Crippen LogP contribution in [0.2, 0.25) is 0 Å². The SMILES string of the molecule is CCCOc1ccc(C(=O)N/N=C/c2cccs2)cc1. The number of hydrazone groups is 1. The van der Waals surface area contributed by atoms with Crippen LogP contribution >= 0.6 is 11.3 Å². The van der Waals surface area contributed by atoms with Gasteiger partial charge in [-0.25, -0.2) is 5.43 Å². The smallest absolute Gasteiger partial charge is 0.271 e. The lowest BCUT2D eigenvalue weighted by Crippen LogP contribution is -2.17. The number of thiophene rings is 1. The zero-order chi connectivity index (χ0) is 14.2. The average Bonchev–Trinajstić information content (AvgIpc) is 2.99. The van der Waals surface area contributed by atoms with Crippen LogP contribution in [-0.2, 0) is 0 Å². The number of rotatable bonds is 6. The summed E-state index contributed by atoms with van der Waals surface area (Å²) in [5, 5.41) is 5.87. The van der Waals surface area contributed by atoms with Crippen LogP contribution < -0.4 is 10.2 Å². The van der Waals surface area contributed by atoms with Crippen LogP contribution in [0.1, 0.15) is 28.6 Å². The van der Waals surface area contributed by atoms with Crippen molar-refractivity contribution in [3.05, 3.63) is 52.2 Å². The molecule has 0 aliphatic carbocycles. The van der Waals surface area contributed by atoms with Gasteiger partial charge in [-0.3, -0.25) is 4.79 Å². The van der Waals surface area contributed by atoms with E-state index in [-0.39, 0.29) is 5.91 Å². The Morgan fingerprint density at radius 3 is 2.80 bits per heavy atom. The number of ether oxygens (including phenoxy) is 1. The van der Waals surface area contributed by atoms with Crippen LogP contribution in [0.5, 0.6) is 5.75 Å². The van der Waals surface area contributed by atoms with Gasteiger partial charge in [0.2, 0.25) is 0 Å². The van der Waals surface area contributed by atoms with E-state index in [1.807, 2.05) is 24.4 Å². The van der Waals surface area contributed by atoms with Crippen LogP contribution in [0.4, 0.5) is 0 Å². The number of carbonyl (C=O) groups is 1. The number of nitrogens with one attached hydrogen (secondary N) is 1. The van der Waals surface area contributed by atoms with Gasteiger partial charge in [-0.2, -0.15) is 5.10 Å². The number of hydrogen-bond acceptors (Lipinski definition) is 4. The van der Waals surface area contributed by atoms with E-state index in [9.17, 15) is 4.79 Å². The Morgan fingerprint density at radius 2 is 2.15 bits per heavy atom. The molecule has 1 heterocycles. The Balaban J connectivity index is 1.89. The second kappa shape index (κ2) is 7.45. The van der Waals surface area contributed by atoms with Crippen LogP contribution in [-0.4, -0.2) is 18.7 Å². The minimum absolute atomic E-state index is 0.236. The standard InChI is InChI=1S/C15H16N2O2S/c1-2-9-19-13-7-5-12(6-8-13)15(18)17-16-11-14-4-3-10-20-14/h3-8,10-11H,2,9H2,1H3,(H,17,18)/b16-11+. The molecule has 104 valence electrons. The molecule has 0 atom stereocenters. The minimum atomic E-state index is -0.236. The summed E-state index contributed by atoms with van der Waals surface area (Å²) in [5.74, 6) is 0.533. The third kappa shape index (κ3) is 4.20. The number of nitrogens with zero attached hydrogens (tertiary/aromatic N) is 1. The molecule has 0 saturated carbocycles. The maximum absolute atomic E-state index is 11.8. The summed E-state index contributed by atoms with van der Waals surface area (Å²) in [6.45, 7) is 2.73. The van der Waals surface area contributed by atoms with Crippen molar-refractivity contribution in [1.29, 1.82) is 0 Å². The summed E-state index contributed by atoms with van der Waals surface area (Å²) in [5.41, 5.74) is 3.05. The van der Waals surface area contributed by atoms with E-state index in [0.29, 0.717) is 12.2 Å². The van der Waals surface area contributed by atoms with Crippen molar-refractivity contribution in [3.8, 4) is 5.75 Å². The topological polar surface area (TPSA) is 50.7 Å². The van der Waals surface area contributed by atoms with E-state index in [1.54, 1.807) is 41.8 Å². The molecule has 2 rings (SSSR count). The van der Waals surface area contributed by atoms with Gasteiger partial charge in [-0.15, -0.1) is 11.3 Å². The third-order valence-corrected chi connectivity index (χ3v) is 3.30. The summed E-state index contributed by atoms with van der Waals surface area (Å²) in [4.78, 5) is 12.8. The lowest BCUT2D eigenvalue weighted by Gasteiger charge is -2.05. The lowest BCUT2D eigenvalue weighted by molar-refractivity contribution is 0.0955. The van der Waals surface area contributed by atoms with E-state index in [0.717, 1.165) is 17.0 Å². The minimum Gasteiger partial charge on any atom is -0.494 e. The zero-order valence-electron chi connectivity index (χ0n) is 11.2. The highest BCUT2D eigenvalue weighted by molar-refractivity contribution is 7.11. The highest BCUT2D eigenvalue weighted by Gasteiger charge is 2.04. The second-order valence-electron chi connectivity index (χ2n) is 4.09. The Labute approximate surface area is 122 Å². The third-order valence-electron chi connectivity index (χ3n) is 2.49. The molecule has 0 spiro atoms. The number of benzene rings is 1. The van der Waals surface area contributed by atoms with Gasteiger partial charge in [0.15, 0.2) is 0 Å². The van der Waals surface area contributed by atoms with Gasteiger partial charge in [0.25, 0.3) is 5.91 Å². The molecule has 1 N–H and O–H groups in total. The summed E-state index contributed by atoms with van der Waals surface area (Å²) < 4.78 is 5.46. The first-order chi connectivity index (χ1) is 9.79. The fourth-order valence-electron chi connectivity index (χ4n) is 1.51. The predicted octanol–water partition coefficient (Wildman–Crippen LogP) is 3.30. The molecule has 0 saturated heterocycles. The second-order valence-corrected chi connectivity index (χ2v) is 5.07. The molecular formula is C15H16N2O2S. The van der Waals surface area contributed by atoms with Crippen molar-refractivity contribution in [2.45, 2.75) is 13.3 Å². The Bertz CT molecular complexity index is 562. The van der Waals surface area contributed by atoms with Gasteiger partial charge < -0.3 is 4.74 Å². The van der Waals surface area contributed by atoms with E-state index in [2.05, 4.69) is 10.5 Å². The number of hydrogen-bond donors (Lipinski definition) is 1. The Kier molecular flexibility index (Phi) is 5.32. The van der Waals surface area contributed by atoms with Crippen molar-refractivity contribution < 1.29 is 9.53 Å². The molecule has 0 aliphatic heterocycles. The molecule has 5 heteroatoms. The van der Waals surface area contributed by atoms with Gasteiger partial charge in [-0.1, -0.05) is 13.0 Å². The lowest BCUT2D eigenvalue weighted by atomic mass is 10.2. The first-order valence-electron chi connectivity index (χ1n) is 6.39. The molecule has 1 aromatic heterocycles. The quantitative estimate of drug-likeness (QED) is 0.655. The van der Waals surface area contributed by atoms with Gasteiger partial charge >= 0.3 is 0 Å². The van der Waals surface area contributed by atoms with Crippen LogP contribution in [0.25, 0.3) is 0 Å². The first-order valence-corrected chi connectivity index (χ1v) is 7.27. The molecule has 2 aromatic rings. The summed E-state index contributed by atoms with van der Waals surface area (Å²) in [7, 11) is 0. The molecule has 4 nitrogen and oxygen atoms in total. The number of amides is 1. The predicted molar refractivity (Wildman–Crippen MR) is 81.6 cm³/mol. The van der Waals surface area contributed by atoms with Crippen molar-refractivity contribution in [2.75, 3.05) is 6.61 Å².